The molecular weight excluding hydrogens is 300 g/mol. The van der Waals surface area contributed by atoms with Gasteiger partial charge in [0, 0.05) is 18.0 Å². The Hall–Kier alpha value is -1.69. The number of carbonyl (C=O) groups excluding carboxylic acids is 1. The van der Waals surface area contributed by atoms with E-state index < -0.39 is 5.97 Å². The lowest BCUT2D eigenvalue weighted by atomic mass is 9.97. The van der Waals surface area contributed by atoms with Crippen molar-refractivity contribution in [2.45, 2.75) is 30.7 Å². The number of rotatable bonds is 4. The molecule has 1 atom stereocenters. The zero-order valence-corrected chi connectivity index (χ0v) is 13.7. The monoisotopic (exact) mass is 322 g/mol. The molecule has 1 aromatic carbocycles. The van der Waals surface area contributed by atoms with Crippen molar-refractivity contribution in [3.63, 3.8) is 0 Å². The van der Waals surface area contributed by atoms with Crippen molar-refractivity contribution in [1.29, 1.82) is 0 Å². The first-order valence-electron chi connectivity index (χ1n) is 7.43. The molecule has 22 heavy (non-hydrogen) atoms. The molecule has 1 aromatic rings. The molecule has 2 N–H and O–H groups in total. The molecule has 5 nitrogen and oxygen atoms in total. The van der Waals surface area contributed by atoms with Crippen molar-refractivity contribution in [1.82, 2.24) is 10.2 Å². The summed E-state index contributed by atoms with van der Waals surface area (Å²) in [6.45, 7) is 2.96. The summed E-state index contributed by atoms with van der Waals surface area (Å²) in [6, 6.07) is 7.94. The highest BCUT2D eigenvalue weighted by Crippen LogP contribution is 2.20. The second-order valence-electron chi connectivity index (χ2n) is 5.54. The number of thioether (sulfide) groups is 1. The van der Waals surface area contributed by atoms with Gasteiger partial charge in [-0.3, -0.25) is 4.79 Å². The van der Waals surface area contributed by atoms with Crippen molar-refractivity contribution in [2.24, 2.45) is 5.92 Å². The lowest BCUT2D eigenvalue weighted by Crippen LogP contribution is -2.46. The Kier molecular flexibility index (Phi) is 5.71. The van der Waals surface area contributed by atoms with Crippen molar-refractivity contribution in [3.05, 3.63) is 29.8 Å². The summed E-state index contributed by atoms with van der Waals surface area (Å²) in [5.74, 6) is -1.08. The minimum atomic E-state index is -0.762. The molecule has 0 bridgehead atoms. The molecule has 0 aromatic heterocycles. The highest BCUT2D eigenvalue weighted by Gasteiger charge is 2.27. The molecule has 0 spiro atoms. The van der Waals surface area contributed by atoms with E-state index in [0.717, 1.165) is 5.56 Å². The van der Waals surface area contributed by atoms with Gasteiger partial charge in [0.2, 0.25) is 0 Å². The van der Waals surface area contributed by atoms with Crippen molar-refractivity contribution < 1.29 is 14.7 Å². The summed E-state index contributed by atoms with van der Waals surface area (Å²) in [4.78, 5) is 26.1. The van der Waals surface area contributed by atoms with Crippen LogP contribution in [0.15, 0.2) is 29.2 Å². The number of piperidine rings is 1. The van der Waals surface area contributed by atoms with E-state index >= 15 is 0 Å². The lowest BCUT2D eigenvalue weighted by molar-refractivity contribution is -0.143. The standard InChI is InChI=1S/C16H22N2O3S/c1-11(12-3-5-14(22-2)6-4-12)17-16(21)18-9-7-13(8-10-18)15(19)20/h3-6,11,13H,7-10H2,1-2H3,(H,17,21)(H,19,20)/t11-/m1/s1. The molecule has 1 heterocycles. The number of carbonyl (C=O) groups is 2. The third-order valence-corrected chi connectivity index (χ3v) is 4.83. The fourth-order valence-corrected chi connectivity index (χ4v) is 2.99. The number of amides is 2. The third kappa shape index (κ3) is 4.16. The number of nitrogens with zero attached hydrogens (tertiary/aromatic N) is 1. The Morgan fingerprint density at radius 2 is 1.86 bits per heavy atom. The average molecular weight is 322 g/mol. The smallest absolute Gasteiger partial charge is 0.317 e. The first-order valence-corrected chi connectivity index (χ1v) is 8.66. The Bertz CT molecular complexity index is 525. The zero-order chi connectivity index (χ0) is 16.1. The summed E-state index contributed by atoms with van der Waals surface area (Å²) < 4.78 is 0. The van der Waals surface area contributed by atoms with Crippen molar-refractivity contribution in [3.8, 4) is 0 Å². The maximum atomic E-state index is 12.2. The topological polar surface area (TPSA) is 69.6 Å². The second kappa shape index (κ2) is 7.54. The highest BCUT2D eigenvalue weighted by molar-refractivity contribution is 7.98. The van der Waals surface area contributed by atoms with Crippen LogP contribution in [0, 0.1) is 5.92 Å². The summed E-state index contributed by atoms with van der Waals surface area (Å²) >= 11 is 1.68. The minimum absolute atomic E-state index is 0.0689. The van der Waals surface area contributed by atoms with Gasteiger partial charge in [-0.15, -0.1) is 11.8 Å². The SMILES string of the molecule is CSc1ccc([C@@H](C)NC(=O)N2CCC(C(=O)O)CC2)cc1. The fraction of sp³-hybridized carbons (Fsp3) is 0.500. The van der Waals surface area contributed by atoms with Crippen LogP contribution < -0.4 is 5.32 Å². The molecule has 2 rings (SSSR count). The Balaban J connectivity index is 1.87. The average Bonchev–Trinajstić information content (AvgIpc) is 2.54. The van der Waals surface area contributed by atoms with Gasteiger partial charge in [0.1, 0.15) is 0 Å². The van der Waals surface area contributed by atoms with Gasteiger partial charge < -0.3 is 15.3 Å². The normalized spacial score (nSPS) is 17.1. The van der Waals surface area contributed by atoms with E-state index in [1.165, 1.54) is 4.90 Å². The summed E-state index contributed by atoms with van der Waals surface area (Å²) in [6.07, 6.45) is 3.08. The van der Waals surface area contributed by atoms with Crippen LogP contribution in [0.25, 0.3) is 0 Å². The number of carboxylic acids is 1. The Morgan fingerprint density at radius 3 is 2.36 bits per heavy atom. The van der Waals surface area contributed by atoms with Gasteiger partial charge >= 0.3 is 12.0 Å². The van der Waals surface area contributed by atoms with Crippen LogP contribution in [0.4, 0.5) is 4.79 Å². The largest absolute Gasteiger partial charge is 0.481 e. The predicted molar refractivity (Wildman–Crippen MR) is 87.1 cm³/mol. The minimum Gasteiger partial charge on any atom is -0.481 e. The maximum absolute atomic E-state index is 12.2. The molecule has 120 valence electrons. The van der Waals surface area contributed by atoms with Crippen LogP contribution in [-0.2, 0) is 4.79 Å². The number of urea groups is 1. The summed E-state index contributed by atoms with van der Waals surface area (Å²) in [5, 5.41) is 12.0. The van der Waals surface area contributed by atoms with Crippen LogP contribution >= 0.6 is 11.8 Å². The van der Waals surface area contributed by atoms with E-state index in [1.807, 2.05) is 37.4 Å². The first kappa shape index (κ1) is 16.7. The van der Waals surface area contributed by atoms with Crippen LogP contribution in [0.5, 0.6) is 0 Å². The zero-order valence-electron chi connectivity index (χ0n) is 12.9. The molecule has 1 fully saturated rings. The summed E-state index contributed by atoms with van der Waals surface area (Å²) in [7, 11) is 0. The van der Waals surface area contributed by atoms with E-state index in [0.29, 0.717) is 25.9 Å². The van der Waals surface area contributed by atoms with Crippen molar-refractivity contribution >= 4 is 23.8 Å². The van der Waals surface area contributed by atoms with Gasteiger partial charge in [-0.1, -0.05) is 12.1 Å². The van der Waals surface area contributed by atoms with E-state index in [-0.39, 0.29) is 18.0 Å². The number of hydrogen-bond acceptors (Lipinski definition) is 3. The van der Waals surface area contributed by atoms with Crippen LogP contribution in [0.2, 0.25) is 0 Å². The quantitative estimate of drug-likeness (QED) is 0.836. The number of benzene rings is 1. The van der Waals surface area contributed by atoms with Crippen LogP contribution in [0.3, 0.4) is 0 Å². The Labute approximate surface area is 135 Å². The maximum Gasteiger partial charge on any atom is 0.317 e. The van der Waals surface area contributed by atoms with Gasteiger partial charge in [-0.25, -0.2) is 4.79 Å². The summed E-state index contributed by atoms with van der Waals surface area (Å²) in [5.41, 5.74) is 1.06. The number of nitrogens with one attached hydrogen (secondary N) is 1. The van der Waals surface area contributed by atoms with E-state index in [1.54, 1.807) is 16.7 Å². The molecule has 1 saturated heterocycles. The van der Waals surface area contributed by atoms with Crippen LogP contribution in [0.1, 0.15) is 31.4 Å². The number of aliphatic carboxylic acids is 1. The van der Waals surface area contributed by atoms with Gasteiger partial charge in [0.25, 0.3) is 0 Å². The molecule has 2 amide bonds. The molecule has 0 saturated carbocycles. The highest BCUT2D eigenvalue weighted by atomic mass is 32.2. The van der Waals surface area contributed by atoms with Crippen molar-refractivity contribution in [2.75, 3.05) is 19.3 Å². The molecule has 0 aliphatic carbocycles. The van der Waals surface area contributed by atoms with E-state index in [2.05, 4.69) is 5.32 Å². The molecule has 1 aliphatic heterocycles. The van der Waals surface area contributed by atoms with Gasteiger partial charge in [-0.2, -0.15) is 0 Å². The van der Waals surface area contributed by atoms with Gasteiger partial charge in [-0.05, 0) is 43.7 Å². The number of likely N-dealkylation sites (tertiary alicyclic amines) is 1. The molecule has 0 unspecified atom stereocenters. The van der Waals surface area contributed by atoms with E-state index in [4.69, 9.17) is 5.11 Å². The van der Waals surface area contributed by atoms with Crippen LogP contribution in [-0.4, -0.2) is 41.4 Å². The first-order chi connectivity index (χ1) is 10.5. The Morgan fingerprint density at radius 1 is 1.27 bits per heavy atom. The fourth-order valence-electron chi connectivity index (χ4n) is 2.58. The van der Waals surface area contributed by atoms with Gasteiger partial charge in [0.05, 0.1) is 12.0 Å². The predicted octanol–water partition coefficient (Wildman–Crippen LogP) is 2.98. The number of hydrogen-bond donors (Lipinski definition) is 2. The second-order valence-corrected chi connectivity index (χ2v) is 6.42. The molecule has 6 heteroatoms. The van der Waals surface area contributed by atoms with Gasteiger partial charge in [0.15, 0.2) is 0 Å². The molecule has 0 radical (unpaired) electrons. The molecular formula is C16H22N2O3S. The lowest BCUT2D eigenvalue weighted by Gasteiger charge is -2.31. The molecule has 1 aliphatic rings. The third-order valence-electron chi connectivity index (χ3n) is 4.09. The number of carboxylic acid groups (broad SMARTS) is 1. The van der Waals surface area contributed by atoms with E-state index in [9.17, 15) is 9.59 Å².